The highest BCUT2D eigenvalue weighted by molar-refractivity contribution is 5.78. The van der Waals surface area contributed by atoms with Crippen molar-refractivity contribution in [2.24, 2.45) is 5.92 Å². The lowest BCUT2D eigenvalue weighted by molar-refractivity contribution is -0.128. The van der Waals surface area contributed by atoms with E-state index in [1.165, 1.54) is 11.3 Å². The fourth-order valence-electron chi connectivity index (χ4n) is 4.00. The number of anilines is 1. The third-order valence-electron chi connectivity index (χ3n) is 5.19. The van der Waals surface area contributed by atoms with Crippen LogP contribution in [0.2, 0.25) is 0 Å². The van der Waals surface area contributed by atoms with E-state index in [0.717, 1.165) is 25.8 Å². The molecule has 1 fully saturated rings. The lowest BCUT2D eigenvalue weighted by atomic mass is 9.89. The fraction of sp³-hybridized carbons (Fsp3) is 0.632. The number of hydrogen-bond acceptors (Lipinski definition) is 3. The number of nitrogens with zero attached hydrogens (tertiary/aromatic N) is 2. The van der Waals surface area contributed by atoms with Gasteiger partial charge in [0.25, 0.3) is 0 Å². The molecule has 0 aliphatic carbocycles. The van der Waals surface area contributed by atoms with Gasteiger partial charge in [-0.15, -0.1) is 0 Å². The van der Waals surface area contributed by atoms with Crippen molar-refractivity contribution in [1.29, 1.82) is 0 Å². The maximum absolute atomic E-state index is 11.8. The van der Waals surface area contributed by atoms with Crippen molar-refractivity contribution in [2.75, 3.05) is 24.5 Å². The van der Waals surface area contributed by atoms with Crippen molar-refractivity contribution in [3.63, 3.8) is 0 Å². The zero-order valence-electron chi connectivity index (χ0n) is 14.2. The molecule has 2 unspecified atom stereocenters. The first kappa shape index (κ1) is 16.3. The molecule has 23 heavy (non-hydrogen) atoms. The number of rotatable bonds is 5. The summed E-state index contributed by atoms with van der Waals surface area (Å²) in [7, 11) is 0. The largest absolute Gasteiger partial charge is 0.389 e. The molecule has 4 heteroatoms. The molecule has 3 rings (SSSR count). The zero-order chi connectivity index (χ0) is 16.4. The number of β-amino-alcohol motifs (C(OH)–C–C–N with tert-alkyl or cyclic N) is 1. The molecule has 2 heterocycles. The second-order valence-electron chi connectivity index (χ2n) is 7.23. The van der Waals surface area contributed by atoms with Gasteiger partial charge >= 0.3 is 0 Å². The fourth-order valence-corrected chi connectivity index (χ4v) is 4.00. The predicted octanol–water partition coefficient (Wildman–Crippen LogP) is 2.45. The number of carbonyl (C=O) groups is 1. The van der Waals surface area contributed by atoms with Gasteiger partial charge in [-0.25, -0.2) is 0 Å². The predicted molar refractivity (Wildman–Crippen MR) is 92.6 cm³/mol. The summed E-state index contributed by atoms with van der Waals surface area (Å²) in [6.07, 6.45) is 3.30. The molecule has 2 atom stereocenters. The first-order valence-electron chi connectivity index (χ1n) is 8.86. The van der Waals surface area contributed by atoms with Gasteiger partial charge in [0.1, 0.15) is 0 Å². The number of para-hydroxylation sites is 1. The minimum atomic E-state index is -0.496. The number of fused-ring (bicyclic) bond motifs is 1. The third kappa shape index (κ3) is 3.52. The summed E-state index contributed by atoms with van der Waals surface area (Å²) in [5, 5.41) is 10.6. The standard InChI is InChI=1S/C19H28N2O2/c1-14(2)17-10-9-15-6-3-4-7-18(15)21(17)13-16(22)12-20-11-5-8-19(20)23/h3-4,6-7,14,16-17,22H,5,8-13H2,1-2H3. The number of aryl methyl sites for hydroxylation is 1. The summed E-state index contributed by atoms with van der Waals surface area (Å²) >= 11 is 0. The quantitative estimate of drug-likeness (QED) is 0.907. The van der Waals surface area contributed by atoms with Gasteiger partial charge in [0.15, 0.2) is 0 Å². The van der Waals surface area contributed by atoms with Crippen LogP contribution in [0.5, 0.6) is 0 Å². The summed E-state index contributed by atoms with van der Waals surface area (Å²) in [6, 6.07) is 8.97. The molecule has 2 aliphatic rings. The lowest BCUT2D eigenvalue weighted by Crippen LogP contribution is -2.48. The third-order valence-corrected chi connectivity index (χ3v) is 5.19. The van der Waals surface area contributed by atoms with Gasteiger partial charge in [0, 0.05) is 37.8 Å². The van der Waals surface area contributed by atoms with Crippen LogP contribution in [0.25, 0.3) is 0 Å². The van der Waals surface area contributed by atoms with Gasteiger partial charge in [0.2, 0.25) is 5.91 Å². The van der Waals surface area contributed by atoms with Crippen LogP contribution in [-0.4, -0.2) is 47.7 Å². The van der Waals surface area contributed by atoms with Gasteiger partial charge in [0.05, 0.1) is 6.10 Å². The Labute approximate surface area is 139 Å². The summed E-state index contributed by atoms with van der Waals surface area (Å²) in [5.74, 6) is 0.729. The molecule has 1 saturated heterocycles. The van der Waals surface area contributed by atoms with E-state index in [1.54, 1.807) is 0 Å². The molecule has 0 radical (unpaired) electrons. The number of aliphatic hydroxyl groups is 1. The normalized spacial score (nSPS) is 22.6. The van der Waals surface area contributed by atoms with Gasteiger partial charge in [-0.1, -0.05) is 32.0 Å². The van der Waals surface area contributed by atoms with Gasteiger partial charge < -0.3 is 14.9 Å². The molecule has 1 N–H and O–H groups in total. The van der Waals surface area contributed by atoms with Gasteiger partial charge in [-0.3, -0.25) is 4.79 Å². The molecule has 0 spiro atoms. The van der Waals surface area contributed by atoms with E-state index in [4.69, 9.17) is 0 Å². The molecule has 2 aliphatic heterocycles. The second kappa shape index (κ2) is 6.91. The van der Waals surface area contributed by atoms with Crippen LogP contribution in [0.1, 0.15) is 38.7 Å². The van der Waals surface area contributed by atoms with Crippen molar-refractivity contribution in [1.82, 2.24) is 4.90 Å². The van der Waals surface area contributed by atoms with Crippen LogP contribution >= 0.6 is 0 Å². The molecular formula is C19H28N2O2. The van der Waals surface area contributed by atoms with E-state index in [1.807, 2.05) is 4.90 Å². The van der Waals surface area contributed by atoms with E-state index in [2.05, 4.69) is 43.0 Å². The number of hydrogen-bond donors (Lipinski definition) is 1. The maximum atomic E-state index is 11.8. The smallest absolute Gasteiger partial charge is 0.222 e. The van der Waals surface area contributed by atoms with Crippen LogP contribution < -0.4 is 4.90 Å². The number of amides is 1. The topological polar surface area (TPSA) is 43.8 Å². The average molecular weight is 316 g/mol. The Morgan fingerprint density at radius 1 is 1.22 bits per heavy atom. The van der Waals surface area contributed by atoms with E-state index in [9.17, 15) is 9.90 Å². The van der Waals surface area contributed by atoms with E-state index in [0.29, 0.717) is 31.5 Å². The van der Waals surface area contributed by atoms with Crippen LogP contribution in [0.15, 0.2) is 24.3 Å². The molecule has 0 bridgehead atoms. The van der Waals surface area contributed by atoms with Crippen molar-refractivity contribution < 1.29 is 9.90 Å². The summed E-state index contributed by atoms with van der Waals surface area (Å²) in [5.41, 5.74) is 2.62. The van der Waals surface area contributed by atoms with Crippen molar-refractivity contribution in [3.05, 3.63) is 29.8 Å². The first-order chi connectivity index (χ1) is 11.1. The number of carbonyl (C=O) groups excluding carboxylic acids is 1. The molecule has 0 aromatic heterocycles. The molecule has 4 nitrogen and oxygen atoms in total. The maximum Gasteiger partial charge on any atom is 0.222 e. The minimum absolute atomic E-state index is 0.184. The molecule has 1 aromatic rings. The van der Waals surface area contributed by atoms with Crippen LogP contribution in [0, 0.1) is 5.92 Å². The second-order valence-corrected chi connectivity index (χ2v) is 7.23. The van der Waals surface area contributed by atoms with E-state index in [-0.39, 0.29) is 5.91 Å². The molecule has 0 saturated carbocycles. The highest BCUT2D eigenvalue weighted by Gasteiger charge is 2.31. The number of likely N-dealkylation sites (tertiary alicyclic amines) is 1. The molecule has 1 aromatic carbocycles. The summed E-state index contributed by atoms with van der Waals surface area (Å²) < 4.78 is 0. The Kier molecular flexibility index (Phi) is 4.90. The van der Waals surface area contributed by atoms with Gasteiger partial charge in [-0.05, 0) is 36.8 Å². The molecule has 126 valence electrons. The first-order valence-corrected chi connectivity index (χ1v) is 8.86. The Bertz CT molecular complexity index is 558. The lowest BCUT2D eigenvalue weighted by Gasteiger charge is -2.42. The SMILES string of the molecule is CC(C)C1CCc2ccccc2N1CC(O)CN1CCCC1=O. The van der Waals surface area contributed by atoms with Crippen molar-refractivity contribution in [2.45, 2.75) is 51.7 Å². The van der Waals surface area contributed by atoms with Gasteiger partial charge in [-0.2, -0.15) is 0 Å². The molecule has 1 amide bonds. The van der Waals surface area contributed by atoms with Crippen LogP contribution in [0.3, 0.4) is 0 Å². The monoisotopic (exact) mass is 316 g/mol. The highest BCUT2D eigenvalue weighted by Crippen LogP contribution is 2.33. The Balaban J connectivity index is 1.73. The average Bonchev–Trinajstić information content (AvgIpc) is 2.92. The molecular weight excluding hydrogens is 288 g/mol. The van der Waals surface area contributed by atoms with Crippen LogP contribution in [0.4, 0.5) is 5.69 Å². The summed E-state index contributed by atoms with van der Waals surface area (Å²) in [6.45, 7) is 6.36. The van der Waals surface area contributed by atoms with Crippen LogP contribution in [-0.2, 0) is 11.2 Å². The van der Waals surface area contributed by atoms with Crippen molar-refractivity contribution >= 4 is 11.6 Å². The number of benzene rings is 1. The summed E-state index contributed by atoms with van der Waals surface area (Å²) in [4.78, 5) is 16.0. The Morgan fingerprint density at radius 2 is 2.00 bits per heavy atom. The van der Waals surface area contributed by atoms with Crippen molar-refractivity contribution in [3.8, 4) is 0 Å². The minimum Gasteiger partial charge on any atom is -0.389 e. The zero-order valence-corrected chi connectivity index (χ0v) is 14.2. The Hall–Kier alpha value is -1.55. The number of aliphatic hydroxyl groups excluding tert-OH is 1. The Morgan fingerprint density at radius 3 is 2.70 bits per heavy atom. The van der Waals surface area contributed by atoms with E-state index < -0.39 is 6.10 Å². The highest BCUT2D eigenvalue weighted by atomic mass is 16.3. The van der Waals surface area contributed by atoms with E-state index >= 15 is 0 Å².